The van der Waals surface area contributed by atoms with Gasteiger partial charge in [-0.05, 0) is 39.5 Å². The van der Waals surface area contributed by atoms with Crippen LogP contribution in [0.15, 0.2) is 0 Å². The van der Waals surface area contributed by atoms with Gasteiger partial charge < -0.3 is 15.1 Å². The lowest BCUT2D eigenvalue weighted by Gasteiger charge is -2.33. The molecule has 2 aliphatic rings. The Bertz CT molecular complexity index is 213. The number of likely N-dealkylation sites (N-methyl/N-ethyl adjacent to an activating group) is 1. The Morgan fingerprint density at radius 1 is 1.00 bits per heavy atom. The normalized spacial score (nSPS) is 28.9. The molecule has 0 radical (unpaired) electrons. The van der Waals surface area contributed by atoms with Crippen LogP contribution in [0.5, 0.6) is 0 Å². The first-order valence-corrected chi connectivity index (χ1v) is 7.06. The molecule has 0 aliphatic carbocycles. The van der Waals surface area contributed by atoms with Crippen LogP contribution in [-0.2, 0) is 0 Å². The summed E-state index contributed by atoms with van der Waals surface area (Å²) in [5, 5.41) is 3.30. The fourth-order valence-electron chi connectivity index (χ4n) is 2.93. The van der Waals surface area contributed by atoms with E-state index in [0.717, 1.165) is 5.92 Å². The Hall–Kier alpha value is -0.160. The van der Waals surface area contributed by atoms with Gasteiger partial charge in [-0.1, -0.05) is 0 Å². The summed E-state index contributed by atoms with van der Waals surface area (Å²) in [6.07, 6.45) is 1.38. The molecule has 2 heterocycles. The second kappa shape index (κ2) is 6.69. The van der Waals surface area contributed by atoms with Crippen molar-refractivity contribution in [2.75, 3.05) is 73.0 Å². The number of piperazine rings is 1. The van der Waals surface area contributed by atoms with E-state index in [1.807, 2.05) is 0 Å². The van der Waals surface area contributed by atoms with E-state index in [1.54, 1.807) is 0 Å². The molecular formula is C13H28N4. The predicted molar refractivity (Wildman–Crippen MR) is 72.4 cm³/mol. The predicted octanol–water partition coefficient (Wildman–Crippen LogP) is -0.225. The maximum Gasteiger partial charge on any atom is 0.0110 e. The molecule has 4 heteroatoms. The summed E-state index contributed by atoms with van der Waals surface area (Å²) in [5.41, 5.74) is 0. The van der Waals surface area contributed by atoms with E-state index in [0.29, 0.717) is 0 Å². The van der Waals surface area contributed by atoms with Crippen LogP contribution in [-0.4, -0.2) is 87.7 Å². The van der Waals surface area contributed by atoms with Crippen molar-refractivity contribution >= 4 is 0 Å². The molecule has 2 saturated heterocycles. The maximum atomic E-state index is 3.30. The molecule has 4 nitrogen and oxygen atoms in total. The topological polar surface area (TPSA) is 21.8 Å². The number of likely N-dealkylation sites (tertiary alicyclic amines) is 1. The second-order valence-electron chi connectivity index (χ2n) is 5.66. The highest BCUT2D eigenvalue weighted by atomic mass is 15.3. The molecule has 2 aliphatic heterocycles. The van der Waals surface area contributed by atoms with Crippen molar-refractivity contribution in [3.05, 3.63) is 0 Å². The SMILES string of the molecule is CNCC1CCN(CCN2CCN(C)CC2)C1. The van der Waals surface area contributed by atoms with E-state index in [-0.39, 0.29) is 0 Å². The molecule has 0 saturated carbocycles. The number of hydrogen-bond acceptors (Lipinski definition) is 4. The van der Waals surface area contributed by atoms with Gasteiger partial charge in [-0.25, -0.2) is 0 Å². The van der Waals surface area contributed by atoms with Gasteiger partial charge in [-0.15, -0.1) is 0 Å². The highest BCUT2D eigenvalue weighted by Crippen LogP contribution is 2.14. The van der Waals surface area contributed by atoms with Gasteiger partial charge in [0.1, 0.15) is 0 Å². The lowest BCUT2D eigenvalue weighted by Crippen LogP contribution is -2.46. The zero-order valence-electron chi connectivity index (χ0n) is 11.5. The molecule has 17 heavy (non-hydrogen) atoms. The molecule has 0 bridgehead atoms. The lowest BCUT2D eigenvalue weighted by atomic mass is 10.1. The van der Waals surface area contributed by atoms with Crippen LogP contribution >= 0.6 is 0 Å². The van der Waals surface area contributed by atoms with Gasteiger partial charge in [0.25, 0.3) is 0 Å². The second-order valence-corrected chi connectivity index (χ2v) is 5.66. The third kappa shape index (κ3) is 4.21. The molecule has 2 fully saturated rings. The molecule has 2 rings (SSSR count). The molecule has 1 unspecified atom stereocenters. The molecule has 0 aromatic rings. The van der Waals surface area contributed by atoms with Crippen LogP contribution in [0.3, 0.4) is 0 Å². The summed E-state index contributed by atoms with van der Waals surface area (Å²) in [7, 11) is 4.28. The summed E-state index contributed by atoms with van der Waals surface area (Å²) >= 11 is 0. The first kappa shape index (κ1) is 13.3. The van der Waals surface area contributed by atoms with Gasteiger partial charge in [-0.2, -0.15) is 0 Å². The molecule has 1 atom stereocenters. The van der Waals surface area contributed by atoms with Crippen molar-refractivity contribution in [1.82, 2.24) is 20.0 Å². The zero-order valence-corrected chi connectivity index (χ0v) is 11.5. The Balaban J connectivity index is 1.59. The molecule has 100 valence electrons. The summed E-state index contributed by atoms with van der Waals surface area (Å²) < 4.78 is 0. The van der Waals surface area contributed by atoms with E-state index in [9.17, 15) is 0 Å². The largest absolute Gasteiger partial charge is 0.319 e. The average molecular weight is 240 g/mol. The van der Waals surface area contributed by atoms with E-state index in [4.69, 9.17) is 0 Å². The third-order valence-electron chi connectivity index (χ3n) is 4.19. The van der Waals surface area contributed by atoms with Crippen LogP contribution in [0, 0.1) is 5.92 Å². The van der Waals surface area contributed by atoms with Crippen LogP contribution in [0.1, 0.15) is 6.42 Å². The minimum atomic E-state index is 0.882. The van der Waals surface area contributed by atoms with Gasteiger partial charge in [0.15, 0.2) is 0 Å². The minimum Gasteiger partial charge on any atom is -0.319 e. The first-order valence-electron chi connectivity index (χ1n) is 7.06. The van der Waals surface area contributed by atoms with Crippen molar-refractivity contribution < 1.29 is 0 Å². The number of nitrogens with zero attached hydrogens (tertiary/aromatic N) is 3. The van der Waals surface area contributed by atoms with Gasteiger partial charge in [0.05, 0.1) is 0 Å². The van der Waals surface area contributed by atoms with Crippen LogP contribution in [0.2, 0.25) is 0 Å². The Morgan fingerprint density at radius 3 is 2.41 bits per heavy atom. The van der Waals surface area contributed by atoms with Crippen LogP contribution < -0.4 is 5.32 Å². The highest BCUT2D eigenvalue weighted by molar-refractivity contribution is 4.78. The third-order valence-corrected chi connectivity index (χ3v) is 4.19. The Labute approximate surface area is 106 Å². The van der Waals surface area contributed by atoms with Crippen molar-refractivity contribution in [3.8, 4) is 0 Å². The van der Waals surface area contributed by atoms with Gasteiger partial charge in [-0.3, -0.25) is 4.90 Å². The smallest absolute Gasteiger partial charge is 0.0110 e. The van der Waals surface area contributed by atoms with Crippen molar-refractivity contribution in [2.45, 2.75) is 6.42 Å². The average Bonchev–Trinajstić information content (AvgIpc) is 2.77. The lowest BCUT2D eigenvalue weighted by molar-refractivity contribution is 0.140. The van der Waals surface area contributed by atoms with E-state index >= 15 is 0 Å². The molecule has 0 aromatic carbocycles. The van der Waals surface area contributed by atoms with Gasteiger partial charge in [0.2, 0.25) is 0 Å². The Kier molecular flexibility index (Phi) is 5.22. The van der Waals surface area contributed by atoms with E-state index in [1.165, 1.54) is 65.3 Å². The zero-order chi connectivity index (χ0) is 12.1. The summed E-state index contributed by atoms with van der Waals surface area (Å²) in [4.78, 5) is 7.68. The molecular weight excluding hydrogens is 212 g/mol. The summed E-state index contributed by atoms with van der Waals surface area (Å²) in [5.74, 6) is 0.882. The molecule has 0 spiro atoms. The molecule has 0 aromatic heterocycles. The molecule has 1 N–H and O–H groups in total. The summed E-state index contributed by atoms with van der Waals surface area (Å²) in [6, 6.07) is 0. The van der Waals surface area contributed by atoms with Gasteiger partial charge >= 0.3 is 0 Å². The fourth-order valence-corrected chi connectivity index (χ4v) is 2.93. The number of rotatable bonds is 5. The van der Waals surface area contributed by atoms with Crippen LogP contribution in [0.4, 0.5) is 0 Å². The quantitative estimate of drug-likeness (QED) is 0.717. The van der Waals surface area contributed by atoms with E-state index in [2.05, 4.69) is 34.1 Å². The minimum absolute atomic E-state index is 0.882. The standard InChI is InChI=1S/C13H28N4/c1-14-11-13-3-4-17(12-13)10-9-16-7-5-15(2)6-8-16/h13-14H,3-12H2,1-2H3. The van der Waals surface area contributed by atoms with Gasteiger partial charge in [0, 0.05) is 45.8 Å². The van der Waals surface area contributed by atoms with Crippen molar-refractivity contribution in [2.24, 2.45) is 5.92 Å². The Morgan fingerprint density at radius 2 is 1.71 bits per heavy atom. The number of hydrogen-bond donors (Lipinski definition) is 1. The van der Waals surface area contributed by atoms with Crippen LogP contribution in [0.25, 0.3) is 0 Å². The fraction of sp³-hybridized carbons (Fsp3) is 1.00. The summed E-state index contributed by atoms with van der Waals surface area (Å²) in [6.45, 7) is 11.3. The maximum absolute atomic E-state index is 3.30. The monoisotopic (exact) mass is 240 g/mol. The molecule has 0 amide bonds. The first-order chi connectivity index (χ1) is 8.28. The van der Waals surface area contributed by atoms with Crippen molar-refractivity contribution in [3.63, 3.8) is 0 Å². The highest BCUT2D eigenvalue weighted by Gasteiger charge is 2.22. The number of nitrogens with one attached hydrogen (secondary N) is 1. The van der Waals surface area contributed by atoms with Crippen molar-refractivity contribution in [1.29, 1.82) is 0 Å². The van der Waals surface area contributed by atoms with E-state index < -0.39 is 0 Å².